The van der Waals surface area contributed by atoms with Gasteiger partial charge in [-0.2, -0.15) is 5.26 Å². The predicted molar refractivity (Wildman–Crippen MR) is 81.8 cm³/mol. The molecule has 2 heteroatoms. The molecule has 0 aromatic heterocycles. The third-order valence-corrected chi connectivity index (χ3v) is 5.13. The molecule has 19 heavy (non-hydrogen) atoms. The summed E-state index contributed by atoms with van der Waals surface area (Å²) in [7, 11) is 2.22. The zero-order valence-corrected chi connectivity index (χ0v) is 13.7. The van der Waals surface area contributed by atoms with Crippen molar-refractivity contribution in [2.24, 2.45) is 17.3 Å². The summed E-state index contributed by atoms with van der Waals surface area (Å²) in [6.45, 7) is 11.6. The van der Waals surface area contributed by atoms with Crippen molar-refractivity contribution in [2.75, 3.05) is 7.05 Å². The Labute approximate surface area is 120 Å². The van der Waals surface area contributed by atoms with Crippen LogP contribution in [0, 0.1) is 28.6 Å². The van der Waals surface area contributed by atoms with E-state index in [-0.39, 0.29) is 5.92 Å². The molecule has 110 valence electrons. The molecule has 1 aliphatic carbocycles. The second kappa shape index (κ2) is 6.75. The predicted octanol–water partition coefficient (Wildman–Crippen LogP) is 4.46. The summed E-state index contributed by atoms with van der Waals surface area (Å²) in [6, 6.07) is 3.60. The molecule has 0 saturated heterocycles. The molecule has 0 aromatic carbocycles. The largest absolute Gasteiger partial charge is 0.299 e. The molecule has 0 heterocycles. The van der Waals surface area contributed by atoms with Gasteiger partial charge < -0.3 is 0 Å². The highest BCUT2D eigenvalue weighted by molar-refractivity contribution is 4.99. The molecule has 0 bridgehead atoms. The van der Waals surface area contributed by atoms with E-state index in [1.54, 1.807) is 0 Å². The van der Waals surface area contributed by atoms with Crippen LogP contribution in [0.5, 0.6) is 0 Å². The van der Waals surface area contributed by atoms with Gasteiger partial charge in [-0.15, -0.1) is 0 Å². The molecule has 0 amide bonds. The normalized spacial score (nSPS) is 30.1. The Morgan fingerprint density at radius 1 is 1.32 bits per heavy atom. The van der Waals surface area contributed by atoms with Gasteiger partial charge in [0.1, 0.15) is 0 Å². The molecule has 2 nitrogen and oxygen atoms in total. The summed E-state index contributed by atoms with van der Waals surface area (Å²) in [4.78, 5) is 2.48. The van der Waals surface area contributed by atoms with Crippen molar-refractivity contribution >= 4 is 0 Å². The monoisotopic (exact) mass is 264 g/mol. The average Bonchev–Trinajstić information content (AvgIpc) is 2.36. The zero-order chi connectivity index (χ0) is 14.6. The van der Waals surface area contributed by atoms with Gasteiger partial charge >= 0.3 is 0 Å². The Hall–Kier alpha value is -0.550. The van der Waals surface area contributed by atoms with Crippen LogP contribution in [0.2, 0.25) is 0 Å². The number of hydrogen-bond acceptors (Lipinski definition) is 2. The van der Waals surface area contributed by atoms with Crippen molar-refractivity contribution in [1.82, 2.24) is 4.90 Å². The lowest BCUT2D eigenvalue weighted by Gasteiger charge is -2.45. The third kappa shape index (κ3) is 4.21. The Morgan fingerprint density at radius 3 is 2.42 bits per heavy atom. The fourth-order valence-electron chi connectivity index (χ4n) is 3.48. The minimum atomic E-state index is 0.225. The fourth-order valence-corrected chi connectivity index (χ4v) is 3.48. The van der Waals surface area contributed by atoms with Crippen molar-refractivity contribution in [3.05, 3.63) is 0 Å². The summed E-state index contributed by atoms with van der Waals surface area (Å²) < 4.78 is 0. The van der Waals surface area contributed by atoms with E-state index < -0.39 is 0 Å². The minimum Gasteiger partial charge on any atom is -0.299 e. The minimum absolute atomic E-state index is 0.225. The van der Waals surface area contributed by atoms with Gasteiger partial charge in [0.25, 0.3) is 0 Å². The van der Waals surface area contributed by atoms with Crippen LogP contribution in [0.15, 0.2) is 0 Å². The summed E-state index contributed by atoms with van der Waals surface area (Å²) in [5, 5.41) is 9.43. The lowest BCUT2D eigenvalue weighted by molar-refractivity contribution is 0.0533. The summed E-state index contributed by atoms with van der Waals surface area (Å²) in [6.07, 6.45) is 5.93. The van der Waals surface area contributed by atoms with E-state index >= 15 is 0 Å². The first kappa shape index (κ1) is 16.5. The highest BCUT2D eigenvalue weighted by atomic mass is 15.2. The molecule has 1 rings (SSSR count). The smallest absolute Gasteiger partial charge is 0.0672 e. The quantitative estimate of drug-likeness (QED) is 0.749. The number of hydrogen-bond donors (Lipinski definition) is 0. The van der Waals surface area contributed by atoms with Gasteiger partial charge in [0.05, 0.1) is 12.0 Å². The van der Waals surface area contributed by atoms with E-state index in [1.165, 1.54) is 25.7 Å². The van der Waals surface area contributed by atoms with E-state index in [2.05, 4.69) is 52.6 Å². The van der Waals surface area contributed by atoms with Crippen LogP contribution in [-0.4, -0.2) is 24.0 Å². The second-order valence-electron chi connectivity index (χ2n) is 7.48. The fraction of sp³-hybridized carbons (Fsp3) is 0.941. The highest BCUT2D eigenvalue weighted by Gasteiger charge is 2.38. The number of rotatable bonds is 4. The first-order valence-electron chi connectivity index (χ1n) is 7.92. The van der Waals surface area contributed by atoms with Crippen molar-refractivity contribution in [3.63, 3.8) is 0 Å². The van der Waals surface area contributed by atoms with Gasteiger partial charge in [-0.3, -0.25) is 4.90 Å². The second-order valence-corrected chi connectivity index (χ2v) is 7.48. The average molecular weight is 264 g/mol. The Morgan fingerprint density at radius 2 is 1.95 bits per heavy atom. The molecular formula is C17H32N2. The third-order valence-electron chi connectivity index (χ3n) is 5.13. The van der Waals surface area contributed by atoms with Gasteiger partial charge in [0, 0.05) is 12.1 Å². The first-order valence-corrected chi connectivity index (χ1v) is 7.92. The SMILES string of the molecule is CCCC(C)N(C)C1CC(C(C)(C)C)CCC1C#N. The van der Waals surface area contributed by atoms with Gasteiger partial charge in [-0.25, -0.2) is 0 Å². The van der Waals surface area contributed by atoms with E-state index in [9.17, 15) is 5.26 Å². The molecule has 0 spiro atoms. The summed E-state index contributed by atoms with van der Waals surface area (Å²) in [5.74, 6) is 0.973. The standard InChI is InChI=1S/C17H32N2/c1-7-8-13(2)19(6)16-11-15(17(3,4)5)10-9-14(16)12-18/h13-16H,7-11H2,1-6H3. The molecule has 0 aromatic rings. The van der Waals surface area contributed by atoms with Crippen LogP contribution < -0.4 is 0 Å². The van der Waals surface area contributed by atoms with Crippen LogP contribution in [0.3, 0.4) is 0 Å². The molecule has 4 unspecified atom stereocenters. The molecule has 1 aliphatic rings. The van der Waals surface area contributed by atoms with Crippen molar-refractivity contribution in [3.8, 4) is 6.07 Å². The number of nitrogens with zero attached hydrogens (tertiary/aromatic N) is 2. The van der Waals surface area contributed by atoms with Crippen LogP contribution in [0.25, 0.3) is 0 Å². The topological polar surface area (TPSA) is 27.0 Å². The Balaban J connectivity index is 2.78. The van der Waals surface area contributed by atoms with Crippen LogP contribution in [0.1, 0.15) is 66.7 Å². The summed E-state index contributed by atoms with van der Waals surface area (Å²) >= 11 is 0. The summed E-state index contributed by atoms with van der Waals surface area (Å²) in [5.41, 5.74) is 0.369. The van der Waals surface area contributed by atoms with E-state index in [1.807, 2.05) is 0 Å². The first-order chi connectivity index (χ1) is 8.81. The molecule has 1 fully saturated rings. The Kier molecular flexibility index (Phi) is 5.86. The van der Waals surface area contributed by atoms with Gasteiger partial charge in [-0.1, -0.05) is 34.1 Å². The molecule has 4 atom stereocenters. The van der Waals surface area contributed by atoms with Crippen LogP contribution in [-0.2, 0) is 0 Å². The van der Waals surface area contributed by atoms with Crippen molar-refractivity contribution in [2.45, 2.75) is 78.8 Å². The zero-order valence-electron chi connectivity index (χ0n) is 13.7. The maximum absolute atomic E-state index is 9.43. The maximum Gasteiger partial charge on any atom is 0.0672 e. The van der Waals surface area contributed by atoms with Crippen LogP contribution in [0.4, 0.5) is 0 Å². The number of nitriles is 1. The van der Waals surface area contributed by atoms with Crippen molar-refractivity contribution in [1.29, 1.82) is 5.26 Å². The van der Waals surface area contributed by atoms with Gasteiger partial charge in [0.2, 0.25) is 0 Å². The maximum atomic E-state index is 9.43. The molecule has 1 saturated carbocycles. The lowest BCUT2D eigenvalue weighted by Crippen LogP contribution is -2.47. The molecule has 0 radical (unpaired) electrons. The molecule has 0 aliphatic heterocycles. The van der Waals surface area contributed by atoms with Crippen LogP contribution >= 0.6 is 0 Å². The van der Waals surface area contributed by atoms with Crippen molar-refractivity contribution < 1.29 is 0 Å². The van der Waals surface area contributed by atoms with Gasteiger partial charge in [-0.05, 0) is 51.0 Å². The van der Waals surface area contributed by atoms with E-state index in [4.69, 9.17) is 0 Å². The van der Waals surface area contributed by atoms with E-state index in [0.717, 1.165) is 12.3 Å². The van der Waals surface area contributed by atoms with Gasteiger partial charge in [0.15, 0.2) is 0 Å². The van der Waals surface area contributed by atoms with E-state index in [0.29, 0.717) is 17.5 Å². The highest BCUT2D eigenvalue weighted by Crippen LogP contribution is 2.41. The Bertz CT molecular complexity index is 310. The molecular weight excluding hydrogens is 232 g/mol. The molecule has 0 N–H and O–H groups in total. The lowest BCUT2D eigenvalue weighted by atomic mass is 9.67.